The highest BCUT2D eigenvalue weighted by Gasteiger charge is 2.24. The zero-order valence-corrected chi connectivity index (χ0v) is 11.9. The van der Waals surface area contributed by atoms with Crippen molar-refractivity contribution < 1.29 is 9.34 Å². The van der Waals surface area contributed by atoms with Gasteiger partial charge in [0, 0.05) is 6.54 Å². The van der Waals surface area contributed by atoms with E-state index in [9.17, 15) is 10.1 Å². The molecule has 1 unspecified atom stereocenters. The van der Waals surface area contributed by atoms with Gasteiger partial charge in [0.15, 0.2) is 0 Å². The second kappa shape index (κ2) is 6.69. The first kappa shape index (κ1) is 14.8. The molecule has 0 saturated heterocycles. The molecule has 0 aliphatic carbocycles. The molecule has 2 heterocycles. The van der Waals surface area contributed by atoms with E-state index in [4.69, 9.17) is 4.42 Å². The van der Waals surface area contributed by atoms with Crippen molar-refractivity contribution in [3.63, 3.8) is 0 Å². The molecule has 2 aromatic rings. The third-order valence-electron chi connectivity index (χ3n) is 2.87. The summed E-state index contributed by atoms with van der Waals surface area (Å²) in [5.41, 5.74) is -0.163. The molecular weight excluding hydrogens is 274 g/mol. The van der Waals surface area contributed by atoms with Crippen molar-refractivity contribution in [3.8, 4) is 0 Å². The highest BCUT2D eigenvalue weighted by molar-refractivity contribution is 5.69. The van der Waals surface area contributed by atoms with Crippen LogP contribution in [0, 0.1) is 10.1 Å². The summed E-state index contributed by atoms with van der Waals surface area (Å²) in [5.74, 6) is 1.05. The monoisotopic (exact) mass is 291 g/mol. The van der Waals surface area contributed by atoms with Crippen LogP contribution in [-0.2, 0) is 0 Å². The lowest BCUT2D eigenvalue weighted by molar-refractivity contribution is -0.383. The molecule has 0 amide bonds. The topological polar surface area (TPSA) is 106 Å². The summed E-state index contributed by atoms with van der Waals surface area (Å²) in [6, 6.07) is 3.31. The van der Waals surface area contributed by atoms with E-state index in [-0.39, 0.29) is 23.4 Å². The number of hydrogen-bond donors (Lipinski definition) is 2. The van der Waals surface area contributed by atoms with Crippen LogP contribution >= 0.6 is 0 Å². The van der Waals surface area contributed by atoms with Crippen molar-refractivity contribution in [3.05, 3.63) is 40.6 Å². The van der Waals surface area contributed by atoms with Gasteiger partial charge in [-0.2, -0.15) is 0 Å². The minimum Gasteiger partial charge on any atom is -0.467 e. The standard InChI is InChI=1S/C13H17N5O3/c1-3-6-14-12-11(18(19)20)13(16-8-15-12)17-9(2)10-5-4-7-21-10/h4-5,7-9H,3,6H2,1-2H3,(H2,14,15,16,17). The van der Waals surface area contributed by atoms with Gasteiger partial charge in [0.25, 0.3) is 0 Å². The molecule has 112 valence electrons. The Balaban J connectivity index is 2.27. The molecule has 0 aromatic carbocycles. The molecule has 0 fully saturated rings. The first-order chi connectivity index (χ1) is 10.1. The maximum atomic E-state index is 11.3. The van der Waals surface area contributed by atoms with Gasteiger partial charge in [-0.1, -0.05) is 6.92 Å². The van der Waals surface area contributed by atoms with Crippen LogP contribution < -0.4 is 10.6 Å². The molecule has 8 nitrogen and oxygen atoms in total. The summed E-state index contributed by atoms with van der Waals surface area (Å²) < 4.78 is 5.27. The summed E-state index contributed by atoms with van der Waals surface area (Å²) in [6.07, 6.45) is 3.69. The van der Waals surface area contributed by atoms with Crippen LogP contribution in [0.4, 0.5) is 17.3 Å². The molecule has 0 aliphatic heterocycles. The molecule has 1 atom stereocenters. The van der Waals surface area contributed by atoms with Gasteiger partial charge in [0.2, 0.25) is 11.6 Å². The number of rotatable bonds is 7. The number of furan rings is 1. The van der Waals surface area contributed by atoms with E-state index < -0.39 is 4.92 Å². The van der Waals surface area contributed by atoms with Crippen LogP contribution in [-0.4, -0.2) is 21.4 Å². The fraction of sp³-hybridized carbons (Fsp3) is 0.385. The molecule has 0 radical (unpaired) electrons. The molecule has 0 spiro atoms. The zero-order valence-electron chi connectivity index (χ0n) is 11.9. The van der Waals surface area contributed by atoms with Gasteiger partial charge in [-0.25, -0.2) is 9.97 Å². The van der Waals surface area contributed by atoms with E-state index in [0.717, 1.165) is 6.42 Å². The summed E-state index contributed by atoms with van der Waals surface area (Å²) in [4.78, 5) is 18.7. The first-order valence-corrected chi connectivity index (χ1v) is 6.66. The molecular formula is C13H17N5O3. The second-order valence-electron chi connectivity index (χ2n) is 4.48. The lowest BCUT2D eigenvalue weighted by Gasteiger charge is -2.13. The van der Waals surface area contributed by atoms with Crippen LogP contribution in [0.3, 0.4) is 0 Å². The van der Waals surface area contributed by atoms with E-state index >= 15 is 0 Å². The highest BCUT2D eigenvalue weighted by Crippen LogP contribution is 2.31. The summed E-state index contributed by atoms with van der Waals surface area (Å²) in [6.45, 7) is 4.41. The Morgan fingerprint density at radius 3 is 2.81 bits per heavy atom. The number of hydrogen-bond acceptors (Lipinski definition) is 7. The summed E-state index contributed by atoms with van der Waals surface area (Å²) in [7, 11) is 0. The predicted octanol–water partition coefficient (Wildman–Crippen LogP) is 2.97. The van der Waals surface area contributed by atoms with Crippen LogP contribution in [0.2, 0.25) is 0 Å². The van der Waals surface area contributed by atoms with Crippen molar-refractivity contribution in [1.82, 2.24) is 9.97 Å². The predicted molar refractivity (Wildman–Crippen MR) is 78.2 cm³/mol. The average molecular weight is 291 g/mol. The molecule has 0 saturated carbocycles. The Hall–Kier alpha value is -2.64. The molecule has 8 heteroatoms. The largest absolute Gasteiger partial charge is 0.467 e. The number of aromatic nitrogens is 2. The van der Waals surface area contributed by atoms with Crippen LogP contribution in [0.1, 0.15) is 32.1 Å². The van der Waals surface area contributed by atoms with Crippen molar-refractivity contribution in [2.45, 2.75) is 26.3 Å². The van der Waals surface area contributed by atoms with Gasteiger partial charge < -0.3 is 15.1 Å². The van der Waals surface area contributed by atoms with Crippen molar-refractivity contribution in [1.29, 1.82) is 0 Å². The van der Waals surface area contributed by atoms with E-state index in [0.29, 0.717) is 12.3 Å². The van der Waals surface area contributed by atoms with Crippen molar-refractivity contribution >= 4 is 17.3 Å². The Kier molecular flexibility index (Phi) is 4.70. The van der Waals surface area contributed by atoms with E-state index in [1.54, 1.807) is 18.4 Å². The number of nitro groups is 1. The third kappa shape index (κ3) is 3.47. The molecule has 2 N–H and O–H groups in total. The fourth-order valence-electron chi connectivity index (χ4n) is 1.84. The Labute approximate surface area is 121 Å². The quantitative estimate of drug-likeness (QED) is 0.596. The van der Waals surface area contributed by atoms with E-state index in [1.165, 1.54) is 6.33 Å². The Morgan fingerprint density at radius 1 is 1.43 bits per heavy atom. The molecule has 0 aliphatic rings. The normalized spacial score (nSPS) is 11.9. The average Bonchev–Trinajstić information content (AvgIpc) is 2.99. The van der Waals surface area contributed by atoms with E-state index in [1.807, 2.05) is 13.8 Å². The maximum absolute atomic E-state index is 11.3. The Morgan fingerprint density at radius 2 is 2.19 bits per heavy atom. The fourth-order valence-corrected chi connectivity index (χ4v) is 1.84. The van der Waals surface area contributed by atoms with Gasteiger partial charge >= 0.3 is 5.69 Å². The number of nitrogens with zero attached hydrogens (tertiary/aromatic N) is 3. The zero-order chi connectivity index (χ0) is 15.2. The third-order valence-corrected chi connectivity index (χ3v) is 2.87. The van der Waals surface area contributed by atoms with Gasteiger partial charge in [0.1, 0.15) is 12.1 Å². The summed E-state index contributed by atoms with van der Waals surface area (Å²) in [5, 5.41) is 17.2. The maximum Gasteiger partial charge on any atom is 0.353 e. The van der Waals surface area contributed by atoms with Gasteiger partial charge in [-0.05, 0) is 25.5 Å². The van der Waals surface area contributed by atoms with Crippen LogP contribution in [0.15, 0.2) is 29.1 Å². The smallest absolute Gasteiger partial charge is 0.353 e. The molecule has 2 rings (SSSR count). The van der Waals surface area contributed by atoms with Crippen LogP contribution in [0.25, 0.3) is 0 Å². The van der Waals surface area contributed by atoms with Crippen molar-refractivity contribution in [2.75, 3.05) is 17.2 Å². The highest BCUT2D eigenvalue weighted by atomic mass is 16.6. The first-order valence-electron chi connectivity index (χ1n) is 6.66. The minimum atomic E-state index is -0.491. The van der Waals surface area contributed by atoms with Gasteiger partial charge in [-0.3, -0.25) is 10.1 Å². The van der Waals surface area contributed by atoms with E-state index in [2.05, 4.69) is 20.6 Å². The number of anilines is 2. The lowest BCUT2D eigenvalue weighted by Crippen LogP contribution is -2.12. The molecule has 2 aromatic heterocycles. The van der Waals surface area contributed by atoms with Gasteiger partial charge in [-0.15, -0.1) is 0 Å². The van der Waals surface area contributed by atoms with Crippen molar-refractivity contribution in [2.24, 2.45) is 0 Å². The molecule has 21 heavy (non-hydrogen) atoms. The SMILES string of the molecule is CCCNc1ncnc(NC(C)c2ccco2)c1[N+](=O)[O-]. The lowest BCUT2D eigenvalue weighted by atomic mass is 10.2. The van der Waals surface area contributed by atoms with Crippen LogP contribution in [0.5, 0.6) is 0 Å². The second-order valence-corrected chi connectivity index (χ2v) is 4.48. The van der Waals surface area contributed by atoms with Gasteiger partial charge in [0.05, 0.1) is 17.2 Å². The number of nitrogens with one attached hydrogen (secondary N) is 2. The Bertz CT molecular complexity index is 600. The molecule has 0 bridgehead atoms. The summed E-state index contributed by atoms with van der Waals surface area (Å²) >= 11 is 0. The minimum absolute atomic E-state index is 0.163.